The van der Waals surface area contributed by atoms with Gasteiger partial charge in [-0.2, -0.15) is 5.10 Å². The number of phenolic OH excluding ortho intramolecular Hbond substituents is 1. The molecular weight excluding hydrogens is 427 g/mol. The maximum atomic E-state index is 12.2. The van der Waals surface area contributed by atoms with Gasteiger partial charge in [0, 0.05) is 15.6 Å². The fourth-order valence-corrected chi connectivity index (χ4v) is 2.67. The monoisotopic (exact) mass is 444 g/mol. The SMILES string of the molecule is C[C@@H](Oc1ccc(Oc2ccc(Cl)cc2)cc1)C(=O)N/N=C\c1cc(Cl)ccc1O. The van der Waals surface area contributed by atoms with E-state index in [2.05, 4.69) is 10.5 Å². The van der Waals surface area contributed by atoms with Crippen LogP contribution in [0.25, 0.3) is 0 Å². The Morgan fingerprint density at radius 2 is 1.53 bits per heavy atom. The number of hydrogen-bond acceptors (Lipinski definition) is 5. The number of hydrazone groups is 1. The standard InChI is InChI=1S/C22H18Cl2N2O4/c1-14(22(28)26-25-13-15-12-17(24)4-11-21(15)27)29-18-7-9-20(10-8-18)30-19-5-2-16(23)3-6-19/h2-14,27H,1H3,(H,26,28)/b25-13-/t14-/m1/s1. The number of nitrogens with one attached hydrogen (secondary N) is 1. The molecule has 0 spiro atoms. The van der Waals surface area contributed by atoms with Crippen LogP contribution in [0.4, 0.5) is 0 Å². The molecule has 154 valence electrons. The Morgan fingerprint density at radius 1 is 0.967 bits per heavy atom. The van der Waals surface area contributed by atoms with Gasteiger partial charge >= 0.3 is 0 Å². The van der Waals surface area contributed by atoms with Gasteiger partial charge in [0.2, 0.25) is 0 Å². The fraction of sp³-hybridized carbons (Fsp3) is 0.0909. The predicted octanol–water partition coefficient (Wildman–Crippen LogP) is 5.41. The predicted molar refractivity (Wildman–Crippen MR) is 117 cm³/mol. The average molecular weight is 445 g/mol. The summed E-state index contributed by atoms with van der Waals surface area (Å²) in [6, 6.07) is 18.4. The quantitative estimate of drug-likeness (QED) is 0.377. The zero-order valence-electron chi connectivity index (χ0n) is 15.9. The topological polar surface area (TPSA) is 80.2 Å². The van der Waals surface area contributed by atoms with E-state index in [-0.39, 0.29) is 5.75 Å². The molecule has 0 heterocycles. The van der Waals surface area contributed by atoms with Gasteiger partial charge in [-0.1, -0.05) is 23.2 Å². The first-order chi connectivity index (χ1) is 14.4. The molecule has 0 aliphatic rings. The summed E-state index contributed by atoms with van der Waals surface area (Å²) in [6.45, 7) is 1.60. The smallest absolute Gasteiger partial charge is 0.280 e. The summed E-state index contributed by atoms with van der Waals surface area (Å²) in [6.07, 6.45) is 0.507. The van der Waals surface area contributed by atoms with Crippen LogP contribution in [-0.2, 0) is 4.79 Å². The number of phenols is 1. The molecular formula is C22H18Cl2N2O4. The van der Waals surface area contributed by atoms with Crippen molar-refractivity contribution in [1.82, 2.24) is 5.43 Å². The number of hydrogen-bond donors (Lipinski definition) is 2. The minimum atomic E-state index is -0.793. The second kappa shape index (κ2) is 10.0. The molecule has 30 heavy (non-hydrogen) atoms. The number of rotatable bonds is 7. The van der Waals surface area contributed by atoms with Gasteiger partial charge in [-0.3, -0.25) is 4.79 Å². The molecule has 3 aromatic rings. The fourth-order valence-electron chi connectivity index (χ4n) is 2.37. The Morgan fingerprint density at radius 3 is 2.20 bits per heavy atom. The van der Waals surface area contributed by atoms with Crippen molar-refractivity contribution in [2.45, 2.75) is 13.0 Å². The highest BCUT2D eigenvalue weighted by Gasteiger charge is 2.14. The molecule has 8 heteroatoms. The minimum absolute atomic E-state index is 0.00241. The van der Waals surface area contributed by atoms with Gasteiger partial charge in [-0.05, 0) is 73.7 Å². The van der Waals surface area contributed by atoms with E-state index in [9.17, 15) is 9.90 Å². The Bertz CT molecular complexity index is 1040. The number of aromatic hydroxyl groups is 1. The van der Waals surface area contributed by atoms with Crippen molar-refractivity contribution in [3.8, 4) is 23.0 Å². The number of ether oxygens (including phenoxy) is 2. The molecule has 0 aliphatic carbocycles. The lowest BCUT2D eigenvalue weighted by Crippen LogP contribution is -2.33. The third-order valence-electron chi connectivity index (χ3n) is 3.92. The van der Waals surface area contributed by atoms with E-state index in [1.54, 1.807) is 61.5 Å². The van der Waals surface area contributed by atoms with Crippen LogP contribution < -0.4 is 14.9 Å². The van der Waals surface area contributed by atoms with Gasteiger partial charge in [-0.15, -0.1) is 0 Å². The molecule has 0 aromatic heterocycles. The molecule has 0 radical (unpaired) electrons. The largest absolute Gasteiger partial charge is 0.507 e. The molecule has 0 saturated heterocycles. The van der Waals surface area contributed by atoms with Crippen LogP contribution in [0.3, 0.4) is 0 Å². The number of halogens is 2. The first-order valence-corrected chi connectivity index (χ1v) is 9.68. The lowest BCUT2D eigenvalue weighted by atomic mass is 10.2. The van der Waals surface area contributed by atoms with Gasteiger partial charge in [0.25, 0.3) is 5.91 Å². The zero-order chi connectivity index (χ0) is 21.5. The molecule has 0 fully saturated rings. The Labute approximate surface area is 183 Å². The molecule has 0 aliphatic heterocycles. The summed E-state index contributed by atoms with van der Waals surface area (Å²) in [5.74, 6) is 1.33. The van der Waals surface area contributed by atoms with Crippen molar-refractivity contribution in [3.63, 3.8) is 0 Å². The molecule has 0 unspecified atom stereocenters. The molecule has 6 nitrogen and oxygen atoms in total. The van der Waals surface area contributed by atoms with Gasteiger partial charge in [0.15, 0.2) is 6.10 Å². The summed E-state index contributed by atoms with van der Waals surface area (Å²) >= 11 is 11.7. The Hall–Kier alpha value is -3.22. The lowest BCUT2D eigenvalue weighted by molar-refractivity contribution is -0.127. The second-order valence-electron chi connectivity index (χ2n) is 6.22. The van der Waals surface area contributed by atoms with Crippen LogP contribution in [0.1, 0.15) is 12.5 Å². The summed E-state index contributed by atoms with van der Waals surface area (Å²) in [5, 5.41) is 14.6. The maximum absolute atomic E-state index is 12.2. The molecule has 1 amide bonds. The third-order valence-corrected chi connectivity index (χ3v) is 4.41. The van der Waals surface area contributed by atoms with E-state index in [4.69, 9.17) is 32.7 Å². The number of carbonyl (C=O) groups excluding carboxylic acids is 1. The maximum Gasteiger partial charge on any atom is 0.280 e. The van der Waals surface area contributed by atoms with Gasteiger partial charge in [0.05, 0.1) is 6.21 Å². The summed E-state index contributed by atoms with van der Waals surface area (Å²) in [5.41, 5.74) is 2.74. The van der Waals surface area contributed by atoms with Crippen molar-refractivity contribution in [3.05, 3.63) is 82.3 Å². The van der Waals surface area contributed by atoms with Crippen molar-refractivity contribution >= 4 is 35.3 Å². The minimum Gasteiger partial charge on any atom is -0.507 e. The van der Waals surface area contributed by atoms with E-state index < -0.39 is 12.0 Å². The van der Waals surface area contributed by atoms with Crippen molar-refractivity contribution in [2.75, 3.05) is 0 Å². The summed E-state index contributed by atoms with van der Waals surface area (Å²) in [4.78, 5) is 12.2. The van der Waals surface area contributed by atoms with E-state index in [1.165, 1.54) is 18.3 Å². The van der Waals surface area contributed by atoms with Gasteiger partial charge < -0.3 is 14.6 Å². The van der Waals surface area contributed by atoms with Gasteiger partial charge in [0.1, 0.15) is 23.0 Å². The summed E-state index contributed by atoms with van der Waals surface area (Å²) in [7, 11) is 0. The van der Waals surface area contributed by atoms with Crippen LogP contribution >= 0.6 is 23.2 Å². The second-order valence-corrected chi connectivity index (χ2v) is 7.10. The number of amides is 1. The molecule has 2 N–H and O–H groups in total. The van der Waals surface area contributed by atoms with Crippen LogP contribution in [0, 0.1) is 0 Å². The highest BCUT2D eigenvalue weighted by molar-refractivity contribution is 6.31. The number of benzene rings is 3. The Kier molecular flexibility index (Phi) is 7.17. The highest BCUT2D eigenvalue weighted by Crippen LogP contribution is 2.25. The van der Waals surface area contributed by atoms with Gasteiger partial charge in [-0.25, -0.2) is 5.43 Å². The van der Waals surface area contributed by atoms with Crippen molar-refractivity contribution in [1.29, 1.82) is 0 Å². The lowest BCUT2D eigenvalue weighted by Gasteiger charge is -2.13. The van der Waals surface area contributed by atoms with E-state index in [0.717, 1.165) is 0 Å². The normalized spacial score (nSPS) is 11.8. The molecule has 3 rings (SSSR count). The van der Waals surface area contributed by atoms with Crippen LogP contribution in [0.2, 0.25) is 10.0 Å². The molecule has 0 bridgehead atoms. The molecule has 3 aromatic carbocycles. The van der Waals surface area contributed by atoms with E-state index in [1.807, 2.05) is 0 Å². The number of nitrogens with zero attached hydrogens (tertiary/aromatic N) is 1. The first-order valence-electron chi connectivity index (χ1n) is 8.92. The summed E-state index contributed by atoms with van der Waals surface area (Å²) < 4.78 is 11.3. The van der Waals surface area contributed by atoms with Crippen LogP contribution in [-0.4, -0.2) is 23.3 Å². The van der Waals surface area contributed by atoms with Crippen LogP contribution in [0.15, 0.2) is 71.8 Å². The zero-order valence-corrected chi connectivity index (χ0v) is 17.4. The molecule has 0 saturated carbocycles. The van der Waals surface area contributed by atoms with Crippen molar-refractivity contribution in [2.24, 2.45) is 5.10 Å². The molecule has 1 atom stereocenters. The van der Waals surface area contributed by atoms with Crippen molar-refractivity contribution < 1.29 is 19.4 Å². The third kappa shape index (κ3) is 6.14. The van der Waals surface area contributed by atoms with Crippen LogP contribution in [0.5, 0.6) is 23.0 Å². The Balaban J connectivity index is 1.52. The van der Waals surface area contributed by atoms with E-state index in [0.29, 0.717) is 32.9 Å². The highest BCUT2D eigenvalue weighted by atomic mass is 35.5. The van der Waals surface area contributed by atoms with E-state index >= 15 is 0 Å². The average Bonchev–Trinajstić information content (AvgIpc) is 2.73. The first kappa shape index (κ1) is 21.5. The number of carbonyl (C=O) groups is 1.